The molecule has 5 nitrogen and oxygen atoms in total. The van der Waals surface area contributed by atoms with Gasteiger partial charge in [-0.2, -0.15) is 0 Å². The molecular weight excluding hydrogens is 340 g/mol. The van der Waals surface area contributed by atoms with Crippen molar-refractivity contribution in [3.8, 4) is 11.5 Å². The normalized spacial score (nSPS) is 9.84. The molecule has 0 aliphatic rings. The van der Waals surface area contributed by atoms with E-state index in [1.54, 1.807) is 14.2 Å². The van der Waals surface area contributed by atoms with Gasteiger partial charge in [0, 0.05) is 18.7 Å². The highest BCUT2D eigenvalue weighted by Gasteiger charge is 2.07. The van der Waals surface area contributed by atoms with Crippen molar-refractivity contribution in [2.45, 2.75) is 19.3 Å². The zero-order valence-electron chi connectivity index (χ0n) is 14.6. The summed E-state index contributed by atoms with van der Waals surface area (Å²) in [4.78, 5) is 12.0. The number of carbonyl (C=O) groups excluding carboxylic acids is 1. The Morgan fingerprint density at radius 3 is 2.48 bits per heavy atom. The SMILES string of the molecule is COc1ccc(OC)c(CCNC(=O)CCc2ccccc2N)c1.Cl. The number of amides is 1. The highest BCUT2D eigenvalue weighted by molar-refractivity contribution is 5.85. The Bertz CT molecular complexity index is 692. The molecule has 2 rings (SSSR count). The van der Waals surface area contributed by atoms with Crippen LogP contribution in [0.3, 0.4) is 0 Å². The van der Waals surface area contributed by atoms with E-state index < -0.39 is 0 Å². The summed E-state index contributed by atoms with van der Waals surface area (Å²) in [6.45, 7) is 0.548. The van der Waals surface area contributed by atoms with Gasteiger partial charge < -0.3 is 20.5 Å². The van der Waals surface area contributed by atoms with E-state index in [1.807, 2.05) is 42.5 Å². The van der Waals surface area contributed by atoms with Crippen LogP contribution in [0, 0.1) is 0 Å². The molecule has 1 amide bonds. The largest absolute Gasteiger partial charge is 0.497 e. The minimum atomic E-state index is 0. The number of benzene rings is 2. The van der Waals surface area contributed by atoms with Crippen LogP contribution in [0.25, 0.3) is 0 Å². The number of nitrogens with one attached hydrogen (secondary N) is 1. The van der Waals surface area contributed by atoms with Gasteiger partial charge >= 0.3 is 0 Å². The second kappa shape index (κ2) is 10.5. The van der Waals surface area contributed by atoms with Crippen LogP contribution in [0.2, 0.25) is 0 Å². The van der Waals surface area contributed by atoms with Crippen LogP contribution in [0.1, 0.15) is 17.5 Å². The Morgan fingerprint density at radius 2 is 1.80 bits per heavy atom. The van der Waals surface area contributed by atoms with Crippen LogP contribution in [0.15, 0.2) is 42.5 Å². The molecule has 0 heterocycles. The fraction of sp³-hybridized carbons (Fsp3) is 0.316. The summed E-state index contributed by atoms with van der Waals surface area (Å²) in [5.41, 5.74) is 8.62. The minimum Gasteiger partial charge on any atom is -0.497 e. The molecule has 25 heavy (non-hydrogen) atoms. The Hall–Kier alpha value is -2.40. The molecular formula is C19H25ClN2O3. The van der Waals surface area contributed by atoms with Gasteiger partial charge in [0.25, 0.3) is 0 Å². The van der Waals surface area contributed by atoms with E-state index in [0.29, 0.717) is 25.8 Å². The van der Waals surface area contributed by atoms with Gasteiger partial charge in [-0.25, -0.2) is 0 Å². The lowest BCUT2D eigenvalue weighted by Crippen LogP contribution is -2.26. The number of anilines is 1. The van der Waals surface area contributed by atoms with E-state index >= 15 is 0 Å². The lowest BCUT2D eigenvalue weighted by molar-refractivity contribution is -0.121. The number of aryl methyl sites for hydroxylation is 1. The number of carbonyl (C=O) groups is 1. The molecule has 6 heteroatoms. The smallest absolute Gasteiger partial charge is 0.220 e. The number of ether oxygens (including phenoxy) is 2. The van der Waals surface area contributed by atoms with Crippen molar-refractivity contribution >= 4 is 24.0 Å². The monoisotopic (exact) mass is 364 g/mol. The van der Waals surface area contributed by atoms with Gasteiger partial charge in [-0.3, -0.25) is 4.79 Å². The molecule has 0 fully saturated rings. The average molecular weight is 365 g/mol. The number of halogens is 1. The van der Waals surface area contributed by atoms with Crippen molar-refractivity contribution in [1.29, 1.82) is 0 Å². The van der Waals surface area contributed by atoms with Gasteiger partial charge in [-0.15, -0.1) is 12.4 Å². The number of para-hydroxylation sites is 1. The predicted molar refractivity (Wildman–Crippen MR) is 103 cm³/mol. The third-order valence-corrected chi connectivity index (χ3v) is 3.88. The third-order valence-electron chi connectivity index (χ3n) is 3.88. The standard InChI is InChI=1S/C19H24N2O3.ClH/c1-23-16-8-9-18(24-2)15(13-16)11-12-21-19(22)10-7-14-5-3-4-6-17(14)20;/h3-6,8-9,13H,7,10-12,20H2,1-2H3,(H,21,22);1H. The van der Waals surface area contributed by atoms with Gasteiger partial charge in [-0.1, -0.05) is 18.2 Å². The van der Waals surface area contributed by atoms with Crippen LogP contribution in [-0.4, -0.2) is 26.7 Å². The maximum absolute atomic E-state index is 12.0. The molecule has 3 N–H and O–H groups in total. The van der Waals surface area contributed by atoms with Crippen LogP contribution >= 0.6 is 12.4 Å². The lowest BCUT2D eigenvalue weighted by atomic mass is 10.1. The molecule has 0 unspecified atom stereocenters. The van der Waals surface area contributed by atoms with Gasteiger partial charge in [0.1, 0.15) is 11.5 Å². The molecule has 0 aliphatic heterocycles. The Morgan fingerprint density at radius 1 is 1.04 bits per heavy atom. The average Bonchev–Trinajstić information content (AvgIpc) is 2.61. The second-order valence-electron chi connectivity index (χ2n) is 5.48. The van der Waals surface area contributed by atoms with Crippen LogP contribution in [-0.2, 0) is 17.6 Å². The first-order chi connectivity index (χ1) is 11.6. The molecule has 2 aromatic carbocycles. The summed E-state index contributed by atoms with van der Waals surface area (Å²) in [7, 11) is 3.26. The highest BCUT2D eigenvalue weighted by Crippen LogP contribution is 2.24. The van der Waals surface area contributed by atoms with Crippen molar-refractivity contribution in [1.82, 2.24) is 5.32 Å². The summed E-state index contributed by atoms with van der Waals surface area (Å²) >= 11 is 0. The Kier molecular flexibility index (Phi) is 8.64. The lowest BCUT2D eigenvalue weighted by Gasteiger charge is -2.11. The van der Waals surface area contributed by atoms with Gasteiger partial charge in [0.15, 0.2) is 0 Å². The molecule has 0 spiro atoms. The number of nitrogens with two attached hydrogens (primary N) is 1. The predicted octanol–water partition coefficient (Wildman–Crippen LogP) is 3.00. The second-order valence-corrected chi connectivity index (χ2v) is 5.48. The molecule has 0 saturated heterocycles. The van der Waals surface area contributed by atoms with E-state index in [1.165, 1.54) is 0 Å². The van der Waals surface area contributed by atoms with E-state index in [2.05, 4.69) is 5.32 Å². The fourth-order valence-corrected chi connectivity index (χ4v) is 2.51. The molecule has 0 bridgehead atoms. The zero-order valence-corrected chi connectivity index (χ0v) is 15.4. The van der Waals surface area contributed by atoms with Gasteiger partial charge in [0.05, 0.1) is 14.2 Å². The molecule has 136 valence electrons. The quantitative estimate of drug-likeness (QED) is 0.706. The van der Waals surface area contributed by atoms with E-state index in [4.69, 9.17) is 15.2 Å². The first-order valence-corrected chi connectivity index (χ1v) is 7.95. The maximum Gasteiger partial charge on any atom is 0.220 e. The number of hydrogen-bond acceptors (Lipinski definition) is 4. The number of nitrogen functional groups attached to an aromatic ring is 1. The number of rotatable bonds is 8. The molecule has 0 saturated carbocycles. The van der Waals surface area contributed by atoms with Gasteiger partial charge in [0.2, 0.25) is 5.91 Å². The molecule has 0 aromatic heterocycles. The first kappa shape index (κ1) is 20.6. The van der Waals surface area contributed by atoms with Crippen molar-refractivity contribution < 1.29 is 14.3 Å². The van der Waals surface area contributed by atoms with Crippen molar-refractivity contribution in [2.75, 3.05) is 26.5 Å². The molecule has 0 aliphatic carbocycles. The maximum atomic E-state index is 12.0. The highest BCUT2D eigenvalue weighted by atomic mass is 35.5. The molecule has 0 atom stereocenters. The van der Waals surface area contributed by atoms with E-state index in [9.17, 15) is 4.79 Å². The first-order valence-electron chi connectivity index (χ1n) is 7.95. The topological polar surface area (TPSA) is 73.6 Å². The number of hydrogen-bond donors (Lipinski definition) is 2. The van der Waals surface area contributed by atoms with Crippen molar-refractivity contribution in [2.24, 2.45) is 0 Å². The van der Waals surface area contributed by atoms with Crippen molar-refractivity contribution in [3.63, 3.8) is 0 Å². The zero-order chi connectivity index (χ0) is 17.4. The van der Waals surface area contributed by atoms with E-state index in [-0.39, 0.29) is 18.3 Å². The Balaban J connectivity index is 0.00000312. The summed E-state index contributed by atoms with van der Waals surface area (Å²) < 4.78 is 10.6. The third kappa shape index (κ3) is 6.19. The molecule has 2 aromatic rings. The minimum absolute atomic E-state index is 0. The summed E-state index contributed by atoms with van der Waals surface area (Å²) in [6.07, 6.45) is 1.74. The molecule has 0 radical (unpaired) electrons. The summed E-state index contributed by atoms with van der Waals surface area (Å²) in [5, 5.41) is 2.93. The van der Waals surface area contributed by atoms with Crippen LogP contribution < -0.4 is 20.5 Å². The summed E-state index contributed by atoms with van der Waals surface area (Å²) in [6, 6.07) is 13.3. The van der Waals surface area contributed by atoms with Gasteiger partial charge in [-0.05, 0) is 48.2 Å². The van der Waals surface area contributed by atoms with E-state index in [0.717, 1.165) is 28.3 Å². The van der Waals surface area contributed by atoms with Crippen LogP contribution in [0.4, 0.5) is 5.69 Å². The Labute approximate surface area is 154 Å². The van der Waals surface area contributed by atoms with Crippen molar-refractivity contribution in [3.05, 3.63) is 53.6 Å². The fourth-order valence-electron chi connectivity index (χ4n) is 2.51. The summed E-state index contributed by atoms with van der Waals surface area (Å²) in [5.74, 6) is 1.58. The van der Waals surface area contributed by atoms with Crippen LogP contribution in [0.5, 0.6) is 11.5 Å². The number of methoxy groups -OCH3 is 2.